The van der Waals surface area contributed by atoms with Crippen LogP contribution < -0.4 is 11.0 Å². The van der Waals surface area contributed by atoms with Crippen molar-refractivity contribution in [2.24, 2.45) is 0 Å². The highest BCUT2D eigenvalue weighted by Crippen LogP contribution is 2.34. The van der Waals surface area contributed by atoms with Gasteiger partial charge in [-0.2, -0.15) is 0 Å². The van der Waals surface area contributed by atoms with Gasteiger partial charge in [0.05, 0.1) is 0 Å². The number of hydrogen-bond donors (Lipinski definition) is 1. The molecule has 0 radical (unpaired) electrons. The minimum atomic E-state index is -2.24. The molecule has 0 aliphatic rings. The maximum absolute atomic E-state index is 12.0. The minimum absolute atomic E-state index is 0.358. The van der Waals surface area contributed by atoms with Gasteiger partial charge in [-0.25, -0.2) is 15.0 Å². The summed E-state index contributed by atoms with van der Waals surface area (Å²) in [4.78, 5) is 12.3. The quantitative estimate of drug-likeness (QED) is 0.724. The van der Waals surface area contributed by atoms with Gasteiger partial charge in [-0.15, -0.1) is 0 Å². The number of fused-ring (bicyclic) bond motifs is 1. The van der Waals surface area contributed by atoms with Crippen LogP contribution in [-0.2, 0) is 4.57 Å². The Morgan fingerprint density at radius 1 is 1.10 bits per heavy atom. The number of imidazole rings is 1. The molecule has 3 rings (SSSR count). The summed E-state index contributed by atoms with van der Waals surface area (Å²) in [6.45, 7) is 3.51. The Morgan fingerprint density at radius 2 is 1.80 bits per heavy atom. The molecule has 3 aromatic rings. The predicted octanol–water partition coefficient (Wildman–Crippen LogP) is 1.65. The molecule has 2 aromatic heterocycles. The maximum Gasteiger partial charge on any atom is 0.170 e. The number of benzene rings is 1. The third-order valence-electron chi connectivity index (χ3n) is 3.11. The van der Waals surface area contributed by atoms with E-state index in [2.05, 4.69) is 15.0 Å². The van der Waals surface area contributed by atoms with Crippen molar-refractivity contribution in [2.45, 2.75) is 0 Å². The van der Waals surface area contributed by atoms with Crippen molar-refractivity contribution < 1.29 is 4.57 Å². The Labute approximate surface area is 116 Å². The second-order valence-electron chi connectivity index (χ2n) is 4.91. The zero-order valence-corrected chi connectivity index (χ0v) is 12.1. The van der Waals surface area contributed by atoms with Gasteiger partial charge in [0, 0.05) is 11.0 Å². The third kappa shape index (κ3) is 2.08. The van der Waals surface area contributed by atoms with E-state index in [-0.39, 0.29) is 0 Å². The lowest BCUT2D eigenvalue weighted by Gasteiger charge is -2.08. The molecule has 0 fully saturated rings. The Morgan fingerprint density at radius 3 is 2.45 bits per heavy atom. The number of nitrogens with zero attached hydrogens (tertiary/aromatic N) is 4. The van der Waals surface area contributed by atoms with Crippen molar-refractivity contribution in [3.05, 3.63) is 36.9 Å². The first kappa shape index (κ1) is 12.8. The molecule has 6 nitrogen and oxygen atoms in total. The molecule has 20 heavy (non-hydrogen) atoms. The first-order valence-electron chi connectivity index (χ1n) is 6.06. The fourth-order valence-corrected chi connectivity index (χ4v) is 2.88. The van der Waals surface area contributed by atoms with E-state index in [0.29, 0.717) is 17.0 Å². The Bertz CT molecular complexity index is 818. The lowest BCUT2D eigenvalue weighted by molar-refractivity contribution is 0.588. The summed E-state index contributed by atoms with van der Waals surface area (Å²) in [5.74, 6) is 0.358. The van der Waals surface area contributed by atoms with Crippen LogP contribution in [-0.4, -0.2) is 32.8 Å². The predicted molar refractivity (Wildman–Crippen MR) is 80.2 cm³/mol. The molecule has 0 amide bonds. The van der Waals surface area contributed by atoms with E-state index in [9.17, 15) is 4.57 Å². The van der Waals surface area contributed by atoms with Crippen LogP contribution in [0, 0.1) is 0 Å². The highest BCUT2D eigenvalue weighted by Gasteiger charge is 2.12. The van der Waals surface area contributed by atoms with Gasteiger partial charge in [0.2, 0.25) is 0 Å². The molecule has 0 saturated carbocycles. The van der Waals surface area contributed by atoms with Crippen LogP contribution in [0.1, 0.15) is 0 Å². The summed E-state index contributed by atoms with van der Waals surface area (Å²) < 4.78 is 13.8. The van der Waals surface area contributed by atoms with E-state index < -0.39 is 7.14 Å². The summed E-state index contributed by atoms with van der Waals surface area (Å²) in [5.41, 5.74) is 7.89. The van der Waals surface area contributed by atoms with Gasteiger partial charge >= 0.3 is 0 Å². The molecule has 0 aliphatic carbocycles. The topological polar surface area (TPSA) is 86.7 Å². The molecule has 0 aliphatic heterocycles. The largest absolute Gasteiger partial charge is 0.382 e. The minimum Gasteiger partial charge on any atom is -0.382 e. The molecule has 102 valence electrons. The fraction of sp³-hybridized carbons (Fsp3) is 0.154. The summed E-state index contributed by atoms with van der Waals surface area (Å²) in [6, 6.07) is 7.53. The smallest absolute Gasteiger partial charge is 0.170 e. The van der Waals surface area contributed by atoms with Crippen LogP contribution >= 0.6 is 7.14 Å². The number of anilines is 1. The van der Waals surface area contributed by atoms with E-state index in [1.807, 2.05) is 28.8 Å². The van der Waals surface area contributed by atoms with Gasteiger partial charge in [0.15, 0.2) is 17.0 Å². The van der Waals surface area contributed by atoms with Crippen LogP contribution in [0.3, 0.4) is 0 Å². The van der Waals surface area contributed by atoms with E-state index in [4.69, 9.17) is 5.73 Å². The Kier molecular flexibility index (Phi) is 2.83. The normalized spacial score (nSPS) is 11.9. The average molecular weight is 287 g/mol. The molecule has 0 saturated heterocycles. The van der Waals surface area contributed by atoms with E-state index in [1.54, 1.807) is 19.7 Å². The van der Waals surface area contributed by atoms with Gasteiger partial charge in [0.1, 0.15) is 19.8 Å². The molecule has 2 N–H and O–H groups in total. The maximum atomic E-state index is 12.0. The van der Waals surface area contributed by atoms with Gasteiger partial charge in [0.25, 0.3) is 0 Å². The lowest BCUT2D eigenvalue weighted by atomic mass is 10.3. The Hall–Kier alpha value is -2.20. The molecular weight excluding hydrogens is 273 g/mol. The first-order chi connectivity index (χ1) is 9.47. The van der Waals surface area contributed by atoms with Crippen LogP contribution in [0.25, 0.3) is 16.9 Å². The van der Waals surface area contributed by atoms with Crippen LogP contribution in [0.4, 0.5) is 5.82 Å². The van der Waals surface area contributed by atoms with E-state index >= 15 is 0 Å². The number of aromatic nitrogens is 4. The van der Waals surface area contributed by atoms with Gasteiger partial charge in [-0.1, -0.05) is 0 Å². The summed E-state index contributed by atoms with van der Waals surface area (Å²) in [5, 5.41) is 0.847. The molecule has 1 aromatic carbocycles. The highest BCUT2D eigenvalue weighted by atomic mass is 31.2. The molecule has 7 heteroatoms. The van der Waals surface area contributed by atoms with Crippen LogP contribution in [0.15, 0.2) is 36.9 Å². The van der Waals surface area contributed by atoms with E-state index in [0.717, 1.165) is 11.0 Å². The molecule has 0 spiro atoms. The zero-order chi connectivity index (χ0) is 14.3. The lowest BCUT2D eigenvalue weighted by Crippen LogP contribution is -2.03. The average Bonchev–Trinajstić information content (AvgIpc) is 2.83. The number of nitrogens with two attached hydrogens (primary N) is 1. The number of rotatable bonds is 2. The van der Waals surface area contributed by atoms with Crippen molar-refractivity contribution in [3.63, 3.8) is 0 Å². The molecular formula is C13H14N5OP. The number of hydrogen-bond acceptors (Lipinski definition) is 5. The van der Waals surface area contributed by atoms with Crippen LogP contribution in [0.2, 0.25) is 0 Å². The molecule has 0 atom stereocenters. The summed E-state index contributed by atoms with van der Waals surface area (Å²) in [7, 11) is -2.24. The first-order valence-corrected chi connectivity index (χ1v) is 8.66. The van der Waals surface area contributed by atoms with E-state index in [1.165, 1.54) is 6.33 Å². The molecule has 0 unspecified atom stereocenters. The van der Waals surface area contributed by atoms with Crippen molar-refractivity contribution in [3.8, 4) is 5.69 Å². The van der Waals surface area contributed by atoms with Gasteiger partial charge in [-0.3, -0.25) is 4.57 Å². The third-order valence-corrected chi connectivity index (χ3v) is 4.65. The fourth-order valence-electron chi connectivity index (χ4n) is 2.01. The SMILES string of the molecule is CP(C)(=O)c1ccc(-n2cnc3c(N)ncnc32)cc1. The molecule has 0 bridgehead atoms. The van der Waals surface area contributed by atoms with Gasteiger partial charge < -0.3 is 10.3 Å². The standard InChI is InChI=1S/C13H14N5OP/c1-20(2,19)10-5-3-9(4-6-10)18-8-17-11-12(14)15-7-16-13(11)18/h3-8H,1-2H3,(H2,14,15,16). The second kappa shape index (κ2) is 4.42. The number of nitrogen functional groups attached to an aromatic ring is 1. The monoisotopic (exact) mass is 287 g/mol. The highest BCUT2D eigenvalue weighted by molar-refractivity contribution is 7.70. The zero-order valence-electron chi connectivity index (χ0n) is 11.2. The summed E-state index contributed by atoms with van der Waals surface area (Å²) in [6.07, 6.45) is 3.07. The Balaban J connectivity index is 2.12. The molecule has 2 heterocycles. The van der Waals surface area contributed by atoms with Crippen molar-refractivity contribution in [1.82, 2.24) is 19.5 Å². The van der Waals surface area contributed by atoms with Crippen LogP contribution in [0.5, 0.6) is 0 Å². The van der Waals surface area contributed by atoms with Crippen molar-refractivity contribution in [2.75, 3.05) is 19.1 Å². The summed E-state index contributed by atoms with van der Waals surface area (Å²) >= 11 is 0. The van der Waals surface area contributed by atoms with Gasteiger partial charge in [-0.05, 0) is 37.6 Å². The van der Waals surface area contributed by atoms with Crippen molar-refractivity contribution >= 4 is 29.4 Å². The second-order valence-corrected chi connectivity index (χ2v) is 8.13. The van der Waals surface area contributed by atoms with Crippen molar-refractivity contribution in [1.29, 1.82) is 0 Å².